The first-order valence-corrected chi connectivity index (χ1v) is 10.5. The Morgan fingerprint density at radius 2 is 0.600 bits per heavy atom. The minimum Gasteiger partial charge on any atom is -0.313 e. The zero-order chi connectivity index (χ0) is 19.7. The normalized spacial score (nSPS) is 13.7. The predicted molar refractivity (Wildman–Crippen MR) is 110 cm³/mol. The Hall–Kier alpha value is -0.200. The maximum absolute atomic E-state index is 7.10. The van der Waals surface area contributed by atoms with Gasteiger partial charge in [-0.25, -0.2) is 0 Å². The van der Waals surface area contributed by atoms with Gasteiger partial charge in [0.05, 0.1) is 0 Å². The van der Waals surface area contributed by atoms with Crippen molar-refractivity contribution in [3.8, 4) is 0 Å². The molecule has 0 saturated heterocycles. The van der Waals surface area contributed by atoms with Crippen LogP contribution in [0.25, 0.3) is 0 Å². The minimum atomic E-state index is -0.438. The van der Waals surface area contributed by atoms with E-state index in [1.165, 1.54) is 0 Å². The molecule has 152 valence electrons. The van der Waals surface area contributed by atoms with E-state index in [1.54, 1.807) is 0 Å². The molecule has 0 radical (unpaired) electrons. The van der Waals surface area contributed by atoms with Crippen LogP contribution in [0.1, 0.15) is 69.2 Å². The van der Waals surface area contributed by atoms with Crippen LogP contribution in [0.3, 0.4) is 0 Å². The summed E-state index contributed by atoms with van der Waals surface area (Å²) >= 11 is 0. The highest BCUT2D eigenvalue weighted by Gasteiger charge is 2.47. The summed E-state index contributed by atoms with van der Waals surface area (Å²) in [5.74, 6) is -0.875. The molecule has 5 nitrogen and oxygen atoms in total. The lowest BCUT2D eigenvalue weighted by molar-refractivity contribution is -0.358. The van der Waals surface area contributed by atoms with Crippen molar-refractivity contribution in [2.75, 3.05) is 52.4 Å². The predicted octanol–water partition coefficient (Wildman–Crippen LogP) is 3.72. The van der Waals surface area contributed by atoms with E-state index in [-0.39, 0.29) is 0 Å². The van der Waals surface area contributed by atoms with Crippen LogP contribution >= 0.6 is 0 Å². The fourth-order valence-corrected chi connectivity index (χ4v) is 4.27. The Bertz CT molecular complexity index is 279. The van der Waals surface area contributed by atoms with Gasteiger partial charge in [0, 0.05) is 0 Å². The van der Waals surface area contributed by atoms with Crippen molar-refractivity contribution in [1.82, 2.24) is 19.6 Å². The van der Waals surface area contributed by atoms with E-state index in [2.05, 4.69) is 88.8 Å². The van der Waals surface area contributed by atoms with Gasteiger partial charge in [0.2, 0.25) is 0 Å². The van der Waals surface area contributed by atoms with Crippen LogP contribution in [-0.4, -0.2) is 83.7 Å². The van der Waals surface area contributed by atoms with Gasteiger partial charge in [0.1, 0.15) is 0 Å². The van der Waals surface area contributed by atoms with Crippen molar-refractivity contribution >= 4 is 0 Å². The van der Waals surface area contributed by atoms with Gasteiger partial charge in [-0.1, -0.05) is 55.4 Å². The molecule has 0 aromatic heterocycles. The molecule has 0 aliphatic carbocycles. The number of hydrogen-bond acceptors (Lipinski definition) is 5. The smallest absolute Gasteiger partial charge is 0.180 e. The van der Waals surface area contributed by atoms with Crippen LogP contribution in [-0.2, 0) is 4.74 Å². The topological polar surface area (TPSA) is 22.2 Å². The van der Waals surface area contributed by atoms with Crippen LogP contribution in [0.4, 0.5) is 0 Å². The van der Waals surface area contributed by atoms with E-state index >= 15 is 0 Å². The van der Waals surface area contributed by atoms with Crippen molar-refractivity contribution < 1.29 is 4.74 Å². The molecule has 0 aliphatic rings. The van der Waals surface area contributed by atoms with Crippen molar-refractivity contribution in [3.05, 3.63) is 0 Å². The molecule has 0 bridgehead atoms. The van der Waals surface area contributed by atoms with Crippen LogP contribution in [0, 0.1) is 0 Å². The second-order valence-corrected chi connectivity index (χ2v) is 6.66. The fourth-order valence-electron chi connectivity index (χ4n) is 4.27. The lowest BCUT2D eigenvalue weighted by Crippen LogP contribution is -2.70. The molecular formula is C20H46N4O. The van der Waals surface area contributed by atoms with Crippen LogP contribution < -0.4 is 0 Å². The van der Waals surface area contributed by atoms with Crippen molar-refractivity contribution in [2.24, 2.45) is 0 Å². The number of nitrogens with zero attached hydrogens (tertiary/aromatic N) is 4. The Morgan fingerprint density at radius 3 is 0.720 bits per heavy atom. The summed E-state index contributed by atoms with van der Waals surface area (Å²) in [6.07, 6.45) is 0. The van der Waals surface area contributed by atoms with Gasteiger partial charge in [0.15, 0.2) is 11.7 Å². The van der Waals surface area contributed by atoms with Gasteiger partial charge in [-0.3, -0.25) is 19.6 Å². The fraction of sp³-hybridized carbons (Fsp3) is 1.00. The number of ether oxygens (including phenoxy) is 1. The van der Waals surface area contributed by atoms with E-state index < -0.39 is 11.7 Å². The summed E-state index contributed by atoms with van der Waals surface area (Å²) in [6.45, 7) is 30.0. The highest BCUT2D eigenvalue weighted by molar-refractivity contribution is 4.84. The molecule has 5 heteroatoms. The molecule has 0 amide bonds. The van der Waals surface area contributed by atoms with E-state index in [9.17, 15) is 0 Å². The summed E-state index contributed by atoms with van der Waals surface area (Å²) in [5, 5.41) is 0. The standard InChI is InChI=1S/C20H46N4O/c1-11-21(12-2)19(9,22(13-3)14-4)25-20(10,23(15-5)16-6)24(17-7)18-8/h11-18H2,1-10H3. The maximum atomic E-state index is 7.10. The molecule has 0 aromatic carbocycles. The van der Waals surface area contributed by atoms with Crippen molar-refractivity contribution in [3.63, 3.8) is 0 Å². The summed E-state index contributed by atoms with van der Waals surface area (Å²) in [6, 6.07) is 0. The largest absolute Gasteiger partial charge is 0.313 e. The van der Waals surface area contributed by atoms with Gasteiger partial charge >= 0.3 is 0 Å². The quantitative estimate of drug-likeness (QED) is 0.440. The molecule has 0 fully saturated rings. The molecule has 25 heavy (non-hydrogen) atoms. The van der Waals surface area contributed by atoms with Gasteiger partial charge < -0.3 is 4.74 Å². The lowest BCUT2D eigenvalue weighted by Gasteiger charge is -2.56. The third-order valence-corrected chi connectivity index (χ3v) is 5.79. The SMILES string of the molecule is CCN(CC)C(C)(OC(C)(N(CC)CC)N(CC)CC)N(CC)CC. The van der Waals surface area contributed by atoms with E-state index in [1.807, 2.05) is 0 Å². The first-order valence-electron chi connectivity index (χ1n) is 10.5. The first kappa shape index (κ1) is 24.8. The summed E-state index contributed by atoms with van der Waals surface area (Å²) in [7, 11) is 0. The molecule has 0 atom stereocenters. The lowest BCUT2D eigenvalue weighted by atomic mass is 10.2. The molecule has 0 aromatic rings. The van der Waals surface area contributed by atoms with Crippen LogP contribution in [0.15, 0.2) is 0 Å². The second-order valence-electron chi connectivity index (χ2n) is 6.66. The third-order valence-electron chi connectivity index (χ3n) is 5.79. The Balaban J connectivity index is 6.13. The first-order chi connectivity index (χ1) is 11.8. The van der Waals surface area contributed by atoms with Crippen LogP contribution in [0.5, 0.6) is 0 Å². The highest BCUT2D eigenvalue weighted by Crippen LogP contribution is 2.32. The molecule has 0 heterocycles. The summed E-state index contributed by atoms with van der Waals surface area (Å²) in [4.78, 5) is 9.74. The summed E-state index contributed by atoms with van der Waals surface area (Å²) in [5.41, 5.74) is 0. The Morgan fingerprint density at radius 1 is 0.440 bits per heavy atom. The molecule has 0 spiro atoms. The van der Waals surface area contributed by atoms with E-state index in [0.29, 0.717) is 0 Å². The van der Waals surface area contributed by atoms with E-state index in [0.717, 1.165) is 52.4 Å². The maximum Gasteiger partial charge on any atom is 0.180 e. The monoisotopic (exact) mass is 358 g/mol. The highest BCUT2D eigenvalue weighted by atomic mass is 16.6. The number of hydrogen-bond donors (Lipinski definition) is 0. The van der Waals surface area contributed by atoms with Gasteiger partial charge in [-0.2, -0.15) is 0 Å². The van der Waals surface area contributed by atoms with Crippen LogP contribution in [0.2, 0.25) is 0 Å². The summed E-state index contributed by atoms with van der Waals surface area (Å²) < 4.78 is 7.10. The molecular weight excluding hydrogens is 312 g/mol. The Labute approximate surface area is 158 Å². The Kier molecular flexibility index (Phi) is 11.4. The van der Waals surface area contributed by atoms with Gasteiger partial charge in [-0.15, -0.1) is 0 Å². The van der Waals surface area contributed by atoms with Crippen molar-refractivity contribution in [1.29, 1.82) is 0 Å². The molecule has 0 unspecified atom stereocenters. The molecule has 0 rings (SSSR count). The zero-order valence-corrected chi connectivity index (χ0v) is 18.9. The van der Waals surface area contributed by atoms with Crippen molar-refractivity contribution in [2.45, 2.75) is 80.9 Å². The average Bonchev–Trinajstić information content (AvgIpc) is 2.58. The number of rotatable bonds is 14. The average molecular weight is 359 g/mol. The second kappa shape index (κ2) is 11.5. The third kappa shape index (κ3) is 5.39. The molecule has 0 N–H and O–H groups in total. The van der Waals surface area contributed by atoms with Gasteiger partial charge in [0.25, 0.3) is 0 Å². The zero-order valence-electron chi connectivity index (χ0n) is 18.9. The van der Waals surface area contributed by atoms with E-state index in [4.69, 9.17) is 4.74 Å². The molecule has 0 aliphatic heterocycles. The molecule has 0 saturated carbocycles. The minimum absolute atomic E-state index is 0.438. The van der Waals surface area contributed by atoms with Gasteiger partial charge in [-0.05, 0) is 66.2 Å².